The molecule has 0 atom stereocenters. The smallest absolute Gasteiger partial charge is 0.262 e. The number of alkyl halides is 2. The second-order valence-electron chi connectivity index (χ2n) is 6.76. The van der Waals surface area contributed by atoms with E-state index in [4.69, 9.17) is 0 Å². The van der Waals surface area contributed by atoms with E-state index in [0.717, 1.165) is 16.8 Å². The quantitative estimate of drug-likeness (QED) is 0.486. The molecule has 156 valence electrons. The SMILES string of the molecule is C=C/C=C\c1c(-c2csc(-c3cc(C(=O)NCC(C)(F)F)c[nH]c3=O)n2)c[nH]c1C. The van der Waals surface area contributed by atoms with Gasteiger partial charge in [0.25, 0.3) is 17.4 Å². The molecule has 0 aliphatic heterocycles. The van der Waals surface area contributed by atoms with E-state index in [1.54, 1.807) is 6.08 Å². The zero-order valence-electron chi connectivity index (χ0n) is 16.4. The Balaban J connectivity index is 1.93. The number of carbonyl (C=O) groups is 1. The van der Waals surface area contributed by atoms with Crippen molar-refractivity contribution in [1.82, 2.24) is 20.3 Å². The summed E-state index contributed by atoms with van der Waals surface area (Å²) in [6.45, 7) is 5.52. The van der Waals surface area contributed by atoms with Gasteiger partial charge in [-0.25, -0.2) is 13.8 Å². The molecule has 3 heterocycles. The van der Waals surface area contributed by atoms with Crippen molar-refractivity contribution in [2.45, 2.75) is 19.8 Å². The van der Waals surface area contributed by atoms with E-state index in [-0.39, 0.29) is 11.1 Å². The molecule has 0 unspecified atom stereocenters. The Labute approximate surface area is 175 Å². The first-order valence-electron chi connectivity index (χ1n) is 9.01. The maximum atomic E-state index is 13.0. The van der Waals surface area contributed by atoms with Gasteiger partial charge in [0.15, 0.2) is 0 Å². The zero-order valence-corrected chi connectivity index (χ0v) is 17.2. The molecule has 30 heavy (non-hydrogen) atoms. The van der Waals surface area contributed by atoms with Crippen molar-refractivity contribution >= 4 is 23.3 Å². The van der Waals surface area contributed by atoms with E-state index in [2.05, 4.69) is 26.8 Å². The van der Waals surface area contributed by atoms with Gasteiger partial charge in [0, 0.05) is 41.5 Å². The van der Waals surface area contributed by atoms with Crippen molar-refractivity contribution < 1.29 is 13.6 Å². The fraction of sp³-hybridized carbons (Fsp3) is 0.190. The lowest BCUT2D eigenvalue weighted by molar-refractivity contribution is 0.0221. The van der Waals surface area contributed by atoms with Crippen LogP contribution in [-0.2, 0) is 0 Å². The number of hydrogen-bond donors (Lipinski definition) is 3. The molecular formula is C21H20F2N4O2S. The normalized spacial score (nSPS) is 11.7. The van der Waals surface area contributed by atoms with E-state index in [1.807, 2.05) is 30.7 Å². The molecule has 0 aliphatic rings. The van der Waals surface area contributed by atoms with Crippen LogP contribution in [0.15, 0.2) is 47.4 Å². The third-order valence-corrected chi connectivity index (χ3v) is 5.14. The average molecular weight is 430 g/mol. The Hall–Kier alpha value is -3.33. The van der Waals surface area contributed by atoms with Gasteiger partial charge in [-0.3, -0.25) is 9.59 Å². The molecule has 9 heteroatoms. The number of amides is 1. The van der Waals surface area contributed by atoms with Crippen LogP contribution in [0, 0.1) is 6.92 Å². The summed E-state index contributed by atoms with van der Waals surface area (Å²) in [4.78, 5) is 34.6. The molecule has 3 rings (SSSR count). The van der Waals surface area contributed by atoms with Crippen molar-refractivity contribution in [3.05, 3.63) is 69.7 Å². The predicted molar refractivity (Wildman–Crippen MR) is 115 cm³/mol. The summed E-state index contributed by atoms with van der Waals surface area (Å²) in [5.41, 5.74) is 3.28. The third-order valence-electron chi connectivity index (χ3n) is 4.26. The van der Waals surface area contributed by atoms with Gasteiger partial charge in [0.2, 0.25) is 0 Å². The number of hydrogen-bond acceptors (Lipinski definition) is 4. The molecule has 3 aromatic heterocycles. The lowest BCUT2D eigenvalue weighted by atomic mass is 10.1. The van der Waals surface area contributed by atoms with Crippen molar-refractivity contribution in [1.29, 1.82) is 0 Å². The Bertz CT molecular complexity index is 1170. The number of allylic oxidation sites excluding steroid dienone is 2. The predicted octanol–water partition coefficient (Wildman–Crippen LogP) is 4.39. The lowest BCUT2D eigenvalue weighted by Crippen LogP contribution is -2.34. The first-order chi connectivity index (χ1) is 14.2. The molecule has 0 bridgehead atoms. The highest BCUT2D eigenvalue weighted by atomic mass is 32.1. The minimum absolute atomic E-state index is 0.0673. The first kappa shape index (κ1) is 21.4. The highest BCUT2D eigenvalue weighted by Crippen LogP contribution is 2.31. The summed E-state index contributed by atoms with van der Waals surface area (Å²) in [6.07, 6.45) is 8.42. The molecule has 3 aromatic rings. The molecule has 0 spiro atoms. The van der Waals surface area contributed by atoms with E-state index in [0.29, 0.717) is 17.6 Å². The number of carbonyl (C=O) groups excluding carboxylic acids is 1. The standard InChI is InChI=1S/C21H20F2N4O2S/c1-4-5-6-14-12(2)24-9-16(14)17-10-30-20(27-17)15-7-13(8-25-19(15)29)18(28)26-11-21(3,22)23/h4-10,24H,1,11H2,2-3H3,(H,25,29)(H,26,28)/b6-5-. The average Bonchev–Trinajstić information content (AvgIpc) is 3.31. The van der Waals surface area contributed by atoms with Gasteiger partial charge in [0.1, 0.15) is 5.01 Å². The fourth-order valence-corrected chi connectivity index (χ4v) is 3.59. The second kappa shape index (κ2) is 8.58. The fourth-order valence-electron chi connectivity index (χ4n) is 2.76. The number of pyridine rings is 1. The summed E-state index contributed by atoms with van der Waals surface area (Å²) >= 11 is 1.25. The number of nitrogens with one attached hydrogen (secondary N) is 3. The van der Waals surface area contributed by atoms with Crippen LogP contribution in [0.3, 0.4) is 0 Å². The van der Waals surface area contributed by atoms with Crippen LogP contribution in [-0.4, -0.2) is 33.3 Å². The molecule has 0 aromatic carbocycles. The van der Waals surface area contributed by atoms with Crippen molar-refractivity contribution in [2.75, 3.05) is 6.54 Å². The van der Waals surface area contributed by atoms with Gasteiger partial charge in [0.05, 0.1) is 23.4 Å². The van der Waals surface area contributed by atoms with Gasteiger partial charge >= 0.3 is 0 Å². The van der Waals surface area contributed by atoms with Crippen LogP contribution in [0.2, 0.25) is 0 Å². The van der Waals surface area contributed by atoms with Crippen LogP contribution >= 0.6 is 11.3 Å². The van der Waals surface area contributed by atoms with E-state index in [9.17, 15) is 18.4 Å². The largest absolute Gasteiger partial charge is 0.364 e. The van der Waals surface area contributed by atoms with Crippen molar-refractivity contribution in [2.24, 2.45) is 0 Å². The zero-order chi connectivity index (χ0) is 21.9. The number of rotatable bonds is 7. The van der Waals surface area contributed by atoms with Gasteiger partial charge in [-0.05, 0) is 13.0 Å². The molecule has 1 amide bonds. The molecule has 0 aliphatic carbocycles. The molecule has 0 saturated heterocycles. The highest BCUT2D eigenvalue weighted by Gasteiger charge is 2.23. The maximum absolute atomic E-state index is 13.0. The molecule has 0 radical (unpaired) electrons. The third kappa shape index (κ3) is 4.80. The highest BCUT2D eigenvalue weighted by molar-refractivity contribution is 7.13. The van der Waals surface area contributed by atoms with Crippen molar-refractivity contribution in [3.63, 3.8) is 0 Å². The van der Waals surface area contributed by atoms with Crippen LogP contribution in [0.25, 0.3) is 27.9 Å². The van der Waals surface area contributed by atoms with Crippen LogP contribution in [0.1, 0.15) is 28.5 Å². The van der Waals surface area contributed by atoms with E-state index >= 15 is 0 Å². The first-order valence-corrected chi connectivity index (χ1v) is 9.89. The Morgan fingerprint density at radius 2 is 2.10 bits per heavy atom. The summed E-state index contributed by atoms with van der Waals surface area (Å²) in [7, 11) is 0. The summed E-state index contributed by atoms with van der Waals surface area (Å²) in [6, 6.07) is 1.35. The Morgan fingerprint density at radius 3 is 2.80 bits per heavy atom. The van der Waals surface area contributed by atoms with Gasteiger partial charge in [-0.2, -0.15) is 0 Å². The topological polar surface area (TPSA) is 90.6 Å². The number of halogens is 2. The number of thiazole rings is 1. The molecular weight excluding hydrogens is 410 g/mol. The number of H-pyrrole nitrogens is 2. The molecule has 0 saturated carbocycles. The minimum atomic E-state index is -3.03. The second-order valence-corrected chi connectivity index (χ2v) is 7.62. The monoisotopic (exact) mass is 430 g/mol. The van der Waals surface area contributed by atoms with Crippen LogP contribution < -0.4 is 10.9 Å². The Kier molecular flexibility index (Phi) is 6.12. The number of nitrogens with zero attached hydrogens (tertiary/aromatic N) is 1. The Morgan fingerprint density at radius 1 is 1.33 bits per heavy atom. The maximum Gasteiger partial charge on any atom is 0.262 e. The lowest BCUT2D eigenvalue weighted by Gasteiger charge is -2.11. The summed E-state index contributed by atoms with van der Waals surface area (Å²) < 4.78 is 26.0. The molecule has 3 N–H and O–H groups in total. The number of aryl methyl sites for hydroxylation is 1. The minimum Gasteiger partial charge on any atom is -0.364 e. The molecule has 0 fully saturated rings. The van der Waals surface area contributed by atoms with Gasteiger partial charge in [-0.15, -0.1) is 11.3 Å². The summed E-state index contributed by atoms with van der Waals surface area (Å²) in [5, 5.41) is 4.38. The number of aromatic amines is 2. The van der Waals surface area contributed by atoms with Crippen molar-refractivity contribution in [3.8, 4) is 21.8 Å². The van der Waals surface area contributed by atoms with Crippen LogP contribution in [0.5, 0.6) is 0 Å². The molecule has 6 nitrogen and oxygen atoms in total. The number of aromatic nitrogens is 3. The van der Waals surface area contributed by atoms with E-state index in [1.165, 1.54) is 23.6 Å². The van der Waals surface area contributed by atoms with Crippen LogP contribution in [0.4, 0.5) is 8.78 Å². The van der Waals surface area contributed by atoms with Gasteiger partial charge in [-0.1, -0.05) is 24.8 Å². The van der Waals surface area contributed by atoms with Gasteiger partial charge < -0.3 is 15.3 Å². The van der Waals surface area contributed by atoms with E-state index < -0.39 is 23.9 Å². The summed E-state index contributed by atoms with van der Waals surface area (Å²) in [5.74, 6) is -3.74.